The van der Waals surface area contributed by atoms with Gasteiger partial charge in [0.2, 0.25) is 0 Å². The molecule has 0 amide bonds. The van der Waals surface area contributed by atoms with Gasteiger partial charge in [0.1, 0.15) is 5.75 Å². The topological polar surface area (TPSA) is 53.2 Å². The number of H-pyrrole nitrogens is 1. The molecule has 0 aliphatic heterocycles. The summed E-state index contributed by atoms with van der Waals surface area (Å²) in [5.74, 6) is 0.632. The van der Waals surface area contributed by atoms with Crippen LogP contribution in [0.1, 0.15) is 31.4 Å². The van der Waals surface area contributed by atoms with Crippen molar-refractivity contribution in [3.8, 4) is 17.0 Å². The van der Waals surface area contributed by atoms with Gasteiger partial charge >= 0.3 is 6.18 Å². The first-order valence-corrected chi connectivity index (χ1v) is 9.41. The molecule has 0 fully saturated rings. The minimum Gasteiger partial charge on any atom is -0.494 e. The van der Waals surface area contributed by atoms with Gasteiger partial charge in [0.15, 0.2) is 0 Å². The van der Waals surface area contributed by atoms with Gasteiger partial charge in [0.05, 0.1) is 24.1 Å². The molecule has 28 heavy (non-hydrogen) atoms. The highest BCUT2D eigenvalue weighted by Gasteiger charge is 2.32. The van der Waals surface area contributed by atoms with Crippen molar-refractivity contribution in [3.63, 3.8) is 0 Å². The summed E-state index contributed by atoms with van der Waals surface area (Å²) in [6, 6.07) is 3.83. The van der Waals surface area contributed by atoms with Crippen LogP contribution in [0.4, 0.5) is 13.2 Å². The highest BCUT2D eigenvalue weighted by Crippen LogP contribution is 2.36. The van der Waals surface area contributed by atoms with Gasteiger partial charge < -0.3 is 15.0 Å². The fourth-order valence-electron chi connectivity index (χ4n) is 2.76. The lowest BCUT2D eigenvalue weighted by Crippen LogP contribution is -2.27. The lowest BCUT2D eigenvalue weighted by atomic mass is 10.0. The van der Waals surface area contributed by atoms with E-state index < -0.39 is 11.7 Å². The molecule has 0 aliphatic rings. The summed E-state index contributed by atoms with van der Waals surface area (Å²) < 4.78 is 45.8. The number of hydrogen-bond donors (Lipinski definition) is 2. The van der Waals surface area contributed by atoms with Gasteiger partial charge in [0, 0.05) is 30.8 Å². The molecular weight excluding hydrogens is 369 g/mol. The molecule has 2 aromatic rings. The second kappa shape index (κ2) is 9.93. The van der Waals surface area contributed by atoms with E-state index in [9.17, 15) is 13.2 Å². The molecule has 8 heteroatoms. The maximum atomic E-state index is 13.4. The van der Waals surface area contributed by atoms with E-state index in [0.717, 1.165) is 37.2 Å². The lowest BCUT2D eigenvalue weighted by Gasteiger charge is -2.17. The smallest absolute Gasteiger partial charge is 0.416 e. The summed E-state index contributed by atoms with van der Waals surface area (Å²) in [5, 5.41) is 9.97. The van der Waals surface area contributed by atoms with Crippen molar-refractivity contribution < 1.29 is 17.9 Å². The van der Waals surface area contributed by atoms with Crippen molar-refractivity contribution >= 4 is 0 Å². The molecule has 0 spiro atoms. The highest BCUT2D eigenvalue weighted by molar-refractivity contribution is 5.65. The van der Waals surface area contributed by atoms with Gasteiger partial charge in [-0.3, -0.25) is 5.10 Å². The predicted molar refractivity (Wildman–Crippen MR) is 104 cm³/mol. The third-order valence-electron chi connectivity index (χ3n) is 4.39. The van der Waals surface area contributed by atoms with Gasteiger partial charge in [-0.15, -0.1) is 0 Å². The Bertz CT molecular complexity index is 743. The maximum absolute atomic E-state index is 13.4. The summed E-state index contributed by atoms with van der Waals surface area (Å²) in [4.78, 5) is 2.08. The number of aromatic amines is 1. The normalized spacial score (nSPS) is 12.2. The van der Waals surface area contributed by atoms with E-state index in [1.807, 2.05) is 27.9 Å². The van der Waals surface area contributed by atoms with Gasteiger partial charge in [-0.1, -0.05) is 13.8 Å². The van der Waals surface area contributed by atoms with E-state index in [1.165, 1.54) is 0 Å². The number of benzene rings is 1. The van der Waals surface area contributed by atoms with Crippen LogP contribution in [0.5, 0.6) is 5.75 Å². The Labute approximate surface area is 164 Å². The van der Waals surface area contributed by atoms with E-state index in [0.29, 0.717) is 30.3 Å². The molecule has 0 aliphatic carbocycles. The lowest BCUT2D eigenvalue weighted by molar-refractivity contribution is -0.137. The van der Waals surface area contributed by atoms with Crippen molar-refractivity contribution in [1.29, 1.82) is 0 Å². The number of nitrogens with one attached hydrogen (secondary N) is 2. The molecule has 0 unspecified atom stereocenters. The monoisotopic (exact) mass is 398 g/mol. The summed E-state index contributed by atoms with van der Waals surface area (Å²) in [6.45, 7) is 6.67. The summed E-state index contributed by atoms with van der Waals surface area (Å²) >= 11 is 0. The van der Waals surface area contributed by atoms with Gasteiger partial charge in [-0.05, 0) is 44.6 Å². The second-order valence-corrected chi connectivity index (χ2v) is 7.39. The van der Waals surface area contributed by atoms with Crippen LogP contribution in [0.2, 0.25) is 0 Å². The molecule has 0 atom stereocenters. The highest BCUT2D eigenvalue weighted by atomic mass is 19.4. The Morgan fingerprint density at radius 2 is 2.00 bits per heavy atom. The summed E-state index contributed by atoms with van der Waals surface area (Å²) in [5.41, 5.74) is 1.11. The fourth-order valence-corrected chi connectivity index (χ4v) is 2.76. The number of hydrogen-bond acceptors (Lipinski definition) is 4. The first-order valence-electron chi connectivity index (χ1n) is 9.41. The van der Waals surface area contributed by atoms with Crippen LogP contribution in [-0.4, -0.2) is 48.9 Å². The van der Waals surface area contributed by atoms with Crippen molar-refractivity contribution in [2.45, 2.75) is 33.0 Å². The van der Waals surface area contributed by atoms with E-state index in [4.69, 9.17) is 4.74 Å². The average Bonchev–Trinajstić information content (AvgIpc) is 3.06. The van der Waals surface area contributed by atoms with Crippen molar-refractivity contribution in [3.05, 3.63) is 35.5 Å². The summed E-state index contributed by atoms with van der Waals surface area (Å²) in [7, 11) is 3.83. The van der Waals surface area contributed by atoms with Crippen molar-refractivity contribution in [2.75, 3.05) is 33.8 Å². The third-order valence-corrected chi connectivity index (χ3v) is 4.39. The molecule has 0 radical (unpaired) electrons. The van der Waals surface area contributed by atoms with E-state index >= 15 is 0 Å². The van der Waals surface area contributed by atoms with Crippen LogP contribution in [-0.2, 0) is 12.7 Å². The largest absolute Gasteiger partial charge is 0.494 e. The van der Waals surface area contributed by atoms with Crippen LogP contribution in [0.25, 0.3) is 11.3 Å². The number of rotatable bonds is 10. The molecule has 2 N–H and O–H groups in total. The molecule has 1 aromatic heterocycles. The van der Waals surface area contributed by atoms with E-state index in [1.54, 1.807) is 12.3 Å². The fraction of sp³-hybridized carbons (Fsp3) is 0.550. The third kappa shape index (κ3) is 6.53. The molecular formula is C20H29F3N4O. The van der Waals surface area contributed by atoms with Gasteiger partial charge in [-0.2, -0.15) is 18.3 Å². The molecule has 0 saturated carbocycles. The van der Waals surface area contributed by atoms with Gasteiger partial charge in [-0.25, -0.2) is 0 Å². The molecule has 0 bridgehead atoms. The zero-order chi connectivity index (χ0) is 20.7. The number of ether oxygens (including phenoxy) is 1. The Kier molecular flexibility index (Phi) is 7.88. The first-order chi connectivity index (χ1) is 13.2. The Morgan fingerprint density at radius 3 is 2.64 bits per heavy atom. The van der Waals surface area contributed by atoms with Crippen LogP contribution in [0, 0.1) is 5.92 Å². The van der Waals surface area contributed by atoms with Crippen molar-refractivity contribution in [2.24, 2.45) is 5.92 Å². The molecule has 0 saturated heterocycles. The minimum absolute atomic E-state index is 0.217. The Morgan fingerprint density at radius 1 is 1.25 bits per heavy atom. The standard InChI is InChI=1S/C20H29F3N4O/c1-14(2)5-8-28-18-10-15(9-17(11-18)20(21,22)23)19-16(12-25-26-19)13-27(4)7-6-24-3/h9-12,14,24H,5-8,13H2,1-4H3,(H,25,26). The second-order valence-electron chi connectivity index (χ2n) is 7.39. The number of likely N-dealkylation sites (N-methyl/N-ethyl adjacent to an activating group) is 2. The number of alkyl halides is 3. The van der Waals surface area contributed by atoms with E-state index in [2.05, 4.69) is 20.4 Å². The molecule has 2 rings (SSSR count). The zero-order valence-electron chi connectivity index (χ0n) is 16.9. The minimum atomic E-state index is -4.45. The predicted octanol–water partition coefficient (Wildman–Crippen LogP) is 4.17. The van der Waals surface area contributed by atoms with Crippen LogP contribution >= 0.6 is 0 Å². The number of aromatic nitrogens is 2. The molecule has 1 heterocycles. The first kappa shape index (κ1) is 22.2. The summed E-state index contributed by atoms with van der Waals surface area (Å²) in [6.07, 6.45) is -2.02. The van der Waals surface area contributed by atoms with Crippen LogP contribution < -0.4 is 10.1 Å². The Balaban J connectivity index is 2.30. The number of halogens is 3. The number of nitrogens with zero attached hydrogens (tertiary/aromatic N) is 2. The molecule has 5 nitrogen and oxygen atoms in total. The maximum Gasteiger partial charge on any atom is 0.416 e. The van der Waals surface area contributed by atoms with Crippen LogP contribution in [0.15, 0.2) is 24.4 Å². The van der Waals surface area contributed by atoms with Crippen molar-refractivity contribution in [1.82, 2.24) is 20.4 Å². The zero-order valence-corrected chi connectivity index (χ0v) is 16.9. The average molecular weight is 398 g/mol. The Hall–Kier alpha value is -2.06. The molecule has 156 valence electrons. The molecule has 1 aromatic carbocycles. The van der Waals surface area contributed by atoms with E-state index in [-0.39, 0.29) is 5.75 Å². The van der Waals surface area contributed by atoms with Gasteiger partial charge in [0.25, 0.3) is 0 Å². The quantitative estimate of drug-likeness (QED) is 0.631. The van der Waals surface area contributed by atoms with Crippen LogP contribution in [0.3, 0.4) is 0 Å². The SMILES string of the molecule is CNCCN(C)Cc1cn[nH]c1-c1cc(OCCC(C)C)cc(C(F)(F)F)c1.